The molecule has 0 aliphatic heterocycles. The van der Waals surface area contributed by atoms with E-state index in [0.717, 1.165) is 17.9 Å². The Kier molecular flexibility index (Phi) is 4.75. The van der Waals surface area contributed by atoms with Crippen molar-refractivity contribution in [2.75, 3.05) is 0 Å². The smallest absolute Gasteiger partial charge is 0.127 e. The minimum absolute atomic E-state index is 0.245. The fourth-order valence-corrected chi connectivity index (χ4v) is 2.52. The van der Waals surface area contributed by atoms with Gasteiger partial charge in [0.05, 0.1) is 17.4 Å². The van der Waals surface area contributed by atoms with Crippen molar-refractivity contribution in [3.8, 4) is 0 Å². The molecule has 0 radical (unpaired) electrons. The Morgan fingerprint density at radius 1 is 1.50 bits per heavy atom. The first-order chi connectivity index (χ1) is 9.56. The molecule has 2 aromatic rings. The van der Waals surface area contributed by atoms with E-state index in [-0.39, 0.29) is 11.9 Å². The van der Waals surface area contributed by atoms with Gasteiger partial charge in [0.15, 0.2) is 0 Å². The number of rotatable bonds is 5. The van der Waals surface area contributed by atoms with Gasteiger partial charge in [-0.2, -0.15) is 5.10 Å². The lowest BCUT2D eigenvalue weighted by molar-refractivity contribution is 0.480. The Balaban J connectivity index is 2.33. The van der Waals surface area contributed by atoms with Crippen LogP contribution in [0.3, 0.4) is 0 Å². The van der Waals surface area contributed by atoms with Gasteiger partial charge in [0.25, 0.3) is 0 Å². The lowest BCUT2D eigenvalue weighted by atomic mass is 10.0. The zero-order valence-corrected chi connectivity index (χ0v) is 12.3. The summed E-state index contributed by atoms with van der Waals surface area (Å²) >= 11 is 6.07. The Hall–Kier alpha value is -1.43. The molecule has 4 nitrogen and oxygen atoms in total. The molecule has 108 valence electrons. The molecule has 0 fully saturated rings. The minimum atomic E-state index is -0.322. The Bertz CT molecular complexity index is 577. The Morgan fingerprint density at radius 2 is 2.25 bits per heavy atom. The van der Waals surface area contributed by atoms with Crippen LogP contribution in [0.4, 0.5) is 4.39 Å². The van der Waals surface area contributed by atoms with Crippen LogP contribution in [0.1, 0.15) is 29.9 Å². The van der Waals surface area contributed by atoms with Crippen molar-refractivity contribution in [2.24, 2.45) is 5.84 Å². The third-order valence-electron chi connectivity index (χ3n) is 3.26. The van der Waals surface area contributed by atoms with Crippen molar-refractivity contribution >= 4 is 11.6 Å². The summed E-state index contributed by atoms with van der Waals surface area (Å²) in [5.74, 6) is 5.31. The van der Waals surface area contributed by atoms with Crippen LogP contribution in [0.25, 0.3) is 0 Å². The number of hydrogen-bond donors (Lipinski definition) is 2. The molecule has 0 bridgehead atoms. The molecule has 1 unspecified atom stereocenters. The van der Waals surface area contributed by atoms with Crippen LogP contribution >= 0.6 is 11.6 Å². The average Bonchev–Trinajstić information content (AvgIpc) is 2.80. The summed E-state index contributed by atoms with van der Waals surface area (Å²) in [6.45, 7) is 4.64. The summed E-state index contributed by atoms with van der Waals surface area (Å²) in [6, 6.07) is 6.37. The molecule has 0 saturated carbocycles. The van der Waals surface area contributed by atoms with E-state index in [1.807, 2.05) is 24.6 Å². The molecule has 1 heterocycles. The van der Waals surface area contributed by atoms with Gasteiger partial charge >= 0.3 is 0 Å². The summed E-state index contributed by atoms with van der Waals surface area (Å²) in [5, 5.41) is 4.79. The highest BCUT2D eigenvalue weighted by molar-refractivity contribution is 6.31. The molecule has 3 N–H and O–H groups in total. The number of benzene rings is 1. The number of halogens is 2. The predicted molar refractivity (Wildman–Crippen MR) is 77.8 cm³/mol. The monoisotopic (exact) mass is 296 g/mol. The van der Waals surface area contributed by atoms with E-state index in [9.17, 15) is 4.39 Å². The van der Waals surface area contributed by atoms with Crippen molar-refractivity contribution in [2.45, 2.75) is 32.9 Å². The number of aryl methyl sites for hydroxylation is 2. The molecule has 0 amide bonds. The SMILES string of the molecule is CCn1nc(C)cc1C(Cc1c(F)cccc1Cl)NN. The van der Waals surface area contributed by atoms with Crippen LogP contribution in [0.2, 0.25) is 5.02 Å². The first-order valence-electron chi connectivity index (χ1n) is 6.50. The van der Waals surface area contributed by atoms with Gasteiger partial charge < -0.3 is 0 Å². The fraction of sp³-hybridized carbons (Fsp3) is 0.357. The average molecular weight is 297 g/mol. The largest absolute Gasteiger partial charge is 0.271 e. The number of hydrogen-bond acceptors (Lipinski definition) is 3. The van der Waals surface area contributed by atoms with E-state index in [4.69, 9.17) is 17.4 Å². The summed E-state index contributed by atoms with van der Waals surface area (Å²) in [5.41, 5.74) is 5.01. The maximum absolute atomic E-state index is 13.9. The van der Waals surface area contributed by atoms with E-state index < -0.39 is 0 Å². The highest BCUT2D eigenvalue weighted by Crippen LogP contribution is 2.25. The van der Waals surface area contributed by atoms with Crippen molar-refractivity contribution < 1.29 is 4.39 Å². The van der Waals surface area contributed by atoms with Crippen LogP contribution in [-0.4, -0.2) is 9.78 Å². The molecule has 0 aliphatic carbocycles. The van der Waals surface area contributed by atoms with Gasteiger partial charge in [0.1, 0.15) is 5.82 Å². The highest BCUT2D eigenvalue weighted by Gasteiger charge is 2.19. The maximum Gasteiger partial charge on any atom is 0.127 e. The molecule has 1 atom stereocenters. The molecular formula is C14H18ClFN4. The van der Waals surface area contributed by atoms with Crippen LogP contribution in [0, 0.1) is 12.7 Å². The van der Waals surface area contributed by atoms with Gasteiger partial charge in [-0.3, -0.25) is 16.0 Å². The van der Waals surface area contributed by atoms with Crippen LogP contribution in [0.5, 0.6) is 0 Å². The quantitative estimate of drug-likeness (QED) is 0.659. The summed E-state index contributed by atoms with van der Waals surface area (Å²) in [4.78, 5) is 0. The molecule has 2 rings (SSSR count). The summed E-state index contributed by atoms with van der Waals surface area (Å²) < 4.78 is 15.7. The van der Waals surface area contributed by atoms with Crippen molar-refractivity contribution in [3.63, 3.8) is 0 Å². The van der Waals surface area contributed by atoms with Crippen LogP contribution < -0.4 is 11.3 Å². The maximum atomic E-state index is 13.9. The van der Waals surface area contributed by atoms with E-state index in [1.165, 1.54) is 6.07 Å². The summed E-state index contributed by atoms with van der Waals surface area (Å²) in [7, 11) is 0. The standard InChI is InChI=1S/C14H18ClFN4/c1-3-20-14(7-9(2)19-20)13(18-17)8-10-11(15)5-4-6-12(10)16/h4-7,13,18H,3,8,17H2,1-2H3. The fourth-order valence-electron chi connectivity index (χ4n) is 2.28. The third-order valence-corrected chi connectivity index (χ3v) is 3.62. The van der Waals surface area contributed by atoms with Gasteiger partial charge in [-0.05, 0) is 38.5 Å². The van der Waals surface area contributed by atoms with Crippen molar-refractivity contribution in [1.82, 2.24) is 15.2 Å². The van der Waals surface area contributed by atoms with Gasteiger partial charge in [0.2, 0.25) is 0 Å². The normalized spacial score (nSPS) is 12.7. The van der Waals surface area contributed by atoms with E-state index in [2.05, 4.69) is 10.5 Å². The number of hydrazine groups is 1. The number of nitrogens with one attached hydrogen (secondary N) is 1. The lowest BCUT2D eigenvalue weighted by Crippen LogP contribution is -2.31. The molecule has 1 aromatic carbocycles. The van der Waals surface area contributed by atoms with Gasteiger partial charge in [-0.15, -0.1) is 0 Å². The molecule has 1 aromatic heterocycles. The first kappa shape index (κ1) is 15.0. The zero-order valence-electron chi connectivity index (χ0n) is 11.5. The Morgan fingerprint density at radius 3 is 2.85 bits per heavy atom. The second-order valence-corrected chi connectivity index (χ2v) is 5.06. The number of nitrogens with zero attached hydrogens (tertiary/aromatic N) is 2. The van der Waals surface area contributed by atoms with E-state index in [1.54, 1.807) is 12.1 Å². The highest BCUT2D eigenvalue weighted by atomic mass is 35.5. The molecule has 20 heavy (non-hydrogen) atoms. The van der Waals surface area contributed by atoms with Gasteiger partial charge in [-0.1, -0.05) is 17.7 Å². The molecule has 6 heteroatoms. The van der Waals surface area contributed by atoms with Crippen molar-refractivity contribution in [3.05, 3.63) is 52.1 Å². The molecule has 0 aliphatic rings. The predicted octanol–water partition coefficient (Wildman–Crippen LogP) is 2.75. The lowest BCUT2D eigenvalue weighted by Gasteiger charge is -2.18. The zero-order chi connectivity index (χ0) is 14.7. The minimum Gasteiger partial charge on any atom is -0.271 e. The van der Waals surface area contributed by atoms with Gasteiger partial charge in [-0.25, -0.2) is 4.39 Å². The number of aromatic nitrogens is 2. The van der Waals surface area contributed by atoms with Crippen LogP contribution in [0.15, 0.2) is 24.3 Å². The van der Waals surface area contributed by atoms with Gasteiger partial charge in [0, 0.05) is 17.1 Å². The second kappa shape index (κ2) is 6.35. The molecule has 0 spiro atoms. The summed E-state index contributed by atoms with van der Waals surface area (Å²) in [6.07, 6.45) is 0.368. The first-order valence-corrected chi connectivity index (χ1v) is 6.88. The van der Waals surface area contributed by atoms with Crippen molar-refractivity contribution in [1.29, 1.82) is 0 Å². The molecular weight excluding hydrogens is 279 g/mol. The second-order valence-electron chi connectivity index (χ2n) is 4.65. The van der Waals surface area contributed by atoms with Crippen LogP contribution in [-0.2, 0) is 13.0 Å². The third kappa shape index (κ3) is 3.00. The number of nitrogens with two attached hydrogens (primary N) is 1. The van der Waals surface area contributed by atoms with E-state index >= 15 is 0 Å². The Labute approximate surface area is 122 Å². The topological polar surface area (TPSA) is 55.9 Å². The molecule has 0 saturated heterocycles. The van der Waals surface area contributed by atoms with E-state index in [0.29, 0.717) is 17.0 Å².